The van der Waals surface area contributed by atoms with Gasteiger partial charge in [0.1, 0.15) is 5.60 Å². The largest absolute Gasteiger partial charge is 0.384 e. The molecule has 3 N–H and O–H groups in total. The molecule has 5 nitrogen and oxygen atoms in total. The van der Waals surface area contributed by atoms with Gasteiger partial charge in [-0.15, -0.1) is 11.3 Å². The second kappa shape index (κ2) is 6.69. The van der Waals surface area contributed by atoms with E-state index >= 15 is 0 Å². The third-order valence-electron chi connectivity index (χ3n) is 3.08. The lowest BCUT2D eigenvalue weighted by Crippen LogP contribution is -2.43. The van der Waals surface area contributed by atoms with Crippen LogP contribution >= 0.6 is 11.3 Å². The Kier molecular flexibility index (Phi) is 4.93. The first-order chi connectivity index (χ1) is 9.97. The van der Waals surface area contributed by atoms with Gasteiger partial charge in [0.15, 0.2) is 0 Å². The van der Waals surface area contributed by atoms with Gasteiger partial charge in [-0.2, -0.15) is 0 Å². The number of nitrogens with zero attached hydrogens (tertiary/aromatic N) is 1. The molecule has 112 valence electrons. The summed E-state index contributed by atoms with van der Waals surface area (Å²) in [7, 11) is 0. The molecule has 1 unspecified atom stereocenters. The summed E-state index contributed by atoms with van der Waals surface area (Å²) < 4.78 is 0. The maximum Gasteiger partial charge on any atom is 0.315 e. The zero-order chi connectivity index (χ0) is 15.3. The zero-order valence-electron chi connectivity index (χ0n) is 12.1. The van der Waals surface area contributed by atoms with E-state index in [0.717, 1.165) is 15.4 Å². The molecule has 2 aromatic rings. The number of carbonyl (C=O) groups excluding carboxylic acids is 1. The smallest absolute Gasteiger partial charge is 0.315 e. The summed E-state index contributed by atoms with van der Waals surface area (Å²) in [6.45, 7) is 4.18. The van der Waals surface area contributed by atoms with Crippen molar-refractivity contribution in [3.63, 3.8) is 0 Å². The van der Waals surface area contributed by atoms with Gasteiger partial charge >= 0.3 is 6.03 Å². The van der Waals surface area contributed by atoms with Crippen LogP contribution in [0.25, 0.3) is 0 Å². The Balaban J connectivity index is 1.80. The summed E-state index contributed by atoms with van der Waals surface area (Å²) in [5.41, 5.74) is -0.331. The molecule has 0 bridgehead atoms. The van der Waals surface area contributed by atoms with Crippen LogP contribution in [0, 0.1) is 6.92 Å². The minimum atomic E-state index is -1.10. The number of amides is 2. The lowest BCUT2D eigenvalue weighted by molar-refractivity contribution is 0.0594. The number of hydrogen-bond acceptors (Lipinski definition) is 4. The first kappa shape index (κ1) is 15.5. The van der Waals surface area contributed by atoms with Crippen molar-refractivity contribution < 1.29 is 9.90 Å². The maximum absolute atomic E-state index is 11.8. The fourth-order valence-electron chi connectivity index (χ4n) is 1.87. The van der Waals surface area contributed by atoms with Gasteiger partial charge < -0.3 is 15.7 Å². The van der Waals surface area contributed by atoms with Crippen molar-refractivity contribution in [3.8, 4) is 0 Å². The number of urea groups is 1. The second-order valence-electron chi connectivity index (χ2n) is 5.02. The van der Waals surface area contributed by atoms with Crippen LogP contribution in [-0.2, 0) is 12.1 Å². The predicted molar refractivity (Wildman–Crippen MR) is 83.1 cm³/mol. The molecule has 1 heterocycles. The van der Waals surface area contributed by atoms with Gasteiger partial charge in [0.05, 0.1) is 18.1 Å². The average Bonchev–Trinajstić information content (AvgIpc) is 2.90. The molecule has 6 heteroatoms. The van der Waals surface area contributed by atoms with E-state index in [9.17, 15) is 9.90 Å². The normalized spacial score (nSPS) is 13.5. The number of nitrogens with one attached hydrogen (secondary N) is 2. The fraction of sp³-hybridized carbons (Fsp3) is 0.333. The van der Waals surface area contributed by atoms with Crippen LogP contribution in [0.5, 0.6) is 0 Å². The number of carbonyl (C=O) groups is 1. The lowest BCUT2D eigenvalue weighted by Gasteiger charge is -2.24. The summed E-state index contributed by atoms with van der Waals surface area (Å²) in [6, 6.07) is 8.96. The highest BCUT2D eigenvalue weighted by molar-refractivity contribution is 7.11. The zero-order valence-corrected chi connectivity index (χ0v) is 12.9. The third-order valence-corrected chi connectivity index (χ3v) is 3.99. The molecule has 21 heavy (non-hydrogen) atoms. The van der Waals surface area contributed by atoms with Crippen molar-refractivity contribution in [2.24, 2.45) is 0 Å². The number of aromatic nitrogens is 1. The Morgan fingerprint density at radius 1 is 1.33 bits per heavy atom. The average molecular weight is 305 g/mol. The monoisotopic (exact) mass is 305 g/mol. The molecule has 2 rings (SSSR count). The van der Waals surface area contributed by atoms with Gasteiger partial charge in [0.2, 0.25) is 0 Å². The molecule has 0 fully saturated rings. The van der Waals surface area contributed by atoms with E-state index in [1.54, 1.807) is 24.5 Å². The van der Waals surface area contributed by atoms with Crippen molar-refractivity contribution in [1.29, 1.82) is 0 Å². The Morgan fingerprint density at radius 2 is 2.05 bits per heavy atom. The molecule has 1 aromatic heterocycles. The molecule has 0 saturated carbocycles. The van der Waals surface area contributed by atoms with Crippen molar-refractivity contribution in [2.45, 2.75) is 26.0 Å². The fourth-order valence-corrected chi connectivity index (χ4v) is 2.60. The van der Waals surface area contributed by atoms with Gasteiger partial charge in [0.25, 0.3) is 0 Å². The van der Waals surface area contributed by atoms with Gasteiger partial charge in [0, 0.05) is 11.1 Å². The van der Waals surface area contributed by atoms with E-state index in [1.807, 2.05) is 37.3 Å². The second-order valence-corrected chi connectivity index (χ2v) is 6.34. The highest BCUT2D eigenvalue weighted by atomic mass is 32.1. The van der Waals surface area contributed by atoms with Crippen LogP contribution in [0.1, 0.15) is 22.4 Å². The summed E-state index contributed by atoms with van der Waals surface area (Å²) in [6.07, 6.45) is 1.75. The van der Waals surface area contributed by atoms with Crippen molar-refractivity contribution in [2.75, 3.05) is 6.54 Å². The predicted octanol–water partition coefficient (Wildman–Crippen LogP) is 2.16. The first-order valence-electron chi connectivity index (χ1n) is 6.68. The minimum absolute atomic E-state index is 0.143. The topological polar surface area (TPSA) is 74.2 Å². The summed E-state index contributed by atoms with van der Waals surface area (Å²) in [4.78, 5) is 16.9. The Bertz CT molecular complexity index is 596. The van der Waals surface area contributed by atoms with Crippen molar-refractivity contribution >= 4 is 17.4 Å². The molecule has 1 atom stereocenters. The molecule has 0 aliphatic carbocycles. The van der Waals surface area contributed by atoms with E-state index in [0.29, 0.717) is 6.54 Å². The molecule has 0 aliphatic rings. The quantitative estimate of drug-likeness (QED) is 0.792. The van der Waals surface area contributed by atoms with Gasteiger partial charge in [-0.1, -0.05) is 30.3 Å². The standard InChI is InChI=1S/C15H19N3O2S/c1-11-16-8-13(21-11)9-17-14(19)18-10-15(2,20)12-6-4-3-5-7-12/h3-8,20H,9-10H2,1-2H3,(H2,17,18,19). The number of rotatable bonds is 5. The number of aryl methyl sites for hydroxylation is 1. The van der Waals surface area contributed by atoms with Crippen LogP contribution in [0.15, 0.2) is 36.5 Å². The van der Waals surface area contributed by atoms with Crippen LogP contribution in [0.3, 0.4) is 0 Å². The minimum Gasteiger partial charge on any atom is -0.384 e. The third kappa shape index (κ3) is 4.54. The molecule has 0 saturated heterocycles. The van der Waals surface area contributed by atoms with Crippen LogP contribution in [0.4, 0.5) is 4.79 Å². The summed E-state index contributed by atoms with van der Waals surface area (Å²) in [5, 5.41) is 16.8. The molecule has 0 radical (unpaired) electrons. The SMILES string of the molecule is Cc1ncc(CNC(=O)NCC(C)(O)c2ccccc2)s1. The number of aliphatic hydroxyl groups is 1. The van der Waals surface area contributed by atoms with E-state index in [-0.39, 0.29) is 12.6 Å². The highest BCUT2D eigenvalue weighted by Crippen LogP contribution is 2.18. The number of thiazole rings is 1. The lowest BCUT2D eigenvalue weighted by atomic mass is 9.96. The highest BCUT2D eigenvalue weighted by Gasteiger charge is 2.23. The molecular weight excluding hydrogens is 286 g/mol. The van der Waals surface area contributed by atoms with Gasteiger partial charge in [-0.3, -0.25) is 0 Å². The molecule has 0 spiro atoms. The van der Waals surface area contributed by atoms with E-state index < -0.39 is 5.60 Å². The molecular formula is C15H19N3O2S. The van der Waals surface area contributed by atoms with E-state index in [1.165, 1.54) is 0 Å². The Morgan fingerprint density at radius 3 is 2.67 bits per heavy atom. The first-order valence-corrected chi connectivity index (χ1v) is 7.50. The number of benzene rings is 1. The Labute approximate surface area is 128 Å². The summed E-state index contributed by atoms with van der Waals surface area (Å²) >= 11 is 1.55. The van der Waals surface area contributed by atoms with Gasteiger partial charge in [-0.25, -0.2) is 9.78 Å². The van der Waals surface area contributed by atoms with Crippen LogP contribution in [0.2, 0.25) is 0 Å². The number of hydrogen-bond donors (Lipinski definition) is 3. The van der Waals surface area contributed by atoms with E-state index in [4.69, 9.17) is 0 Å². The summed E-state index contributed by atoms with van der Waals surface area (Å²) in [5.74, 6) is 0. The molecule has 1 aromatic carbocycles. The Hall–Kier alpha value is -1.92. The van der Waals surface area contributed by atoms with Crippen molar-refractivity contribution in [3.05, 3.63) is 52.0 Å². The maximum atomic E-state index is 11.8. The van der Waals surface area contributed by atoms with Crippen LogP contribution < -0.4 is 10.6 Å². The van der Waals surface area contributed by atoms with Crippen molar-refractivity contribution in [1.82, 2.24) is 15.6 Å². The van der Waals surface area contributed by atoms with Gasteiger partial charge in [-0.05, 0) is 19.4 Å². The molecule has 2 amide bonds. The van der Waals surface area contributed by atoms with E-state index in [2.05, 4.69) is 15.6 Å². The molecule has 0 aliphatic heterocycles. The van der Waals surface area contributed by atoms with Crippen LogP contribution in [-0.4, -0.2) is 22.7 Å².